The van der Waals surface area contributed by atoms with Crippen molar-refractivity contribution >= 4 is 28.5 Å². The molecule has 0 bridgehead atoms. The zero-order valence-electron chi connectivity index (χ0n) is 11.1. The average molecular weight is 270 g/mol. The number of fused-ring (bicyclic) bond motifs is 1. The second kappa shape index (κ2) is 4.92. The van der Waals surface area contributed by atoms with Crippen LogP contribution < -0.4 is 4.90 Å². The van der Waals surface area contributed by atoms with Gasteiger partial charge in [-0.1, -0.05) is 18.2 Å². The summed E-state index contributed by atoms with van der Waals surface area (Å²) in [5.41, 5.74) is 1.63. The van der Waals surface area contributed by atoms with Gasteiger partial charge in [0.05, 0.1) is 24.2 Å². The number of aromatic nitrogens is 1. The molecule has 0 saturated carbocycles. The molecule has 0 radical (unpaired) electrons. The number of benzene rings is 1. The highest BCUT2D eigenvalue weighted by molar-refractivity contribution is 6.05. The predicted molar refractivity (Wildman–Crippen MR) is 74.2 cm³/mol. The van der Waals surface area contributed by atoms with Crippen LogP contribution >= 0.6 is 0 Å². The molecule has 3 rings (SSSR count). The van der Waals surface area contributed by atoms with E-state index in [4.69, 9.17) is 4.74 Å². The SMILES string of the molecule is COC(=O)C1CC(=O)N(c2ccnc3ccccc23)C1. The molecule has 102 valence electrons. The summed E-state index contributed by atoms with van der Waals surface area (Å²) >= 11 is 0. The lowest BCUT2D eigenvalue weighted by atomic mass is 10.1. The number of hydrogen-bond donors (Lipinski definition) is 0. The zero-order chi connectivity index (χ0) is 14.1. The molecule has 1 aromatic heterocycles. The molecule has 1 aliphatic rings. The van der Waals surface area contributed by atoms with Crippen LogP contribution in [0.1, 0.15) is 6.42 Å². The number of esters is 1. The molecule has 2 aromatic rings. The van der Waals surface area contributed by atoms with Crippen molar-refractivity contribution < 1.29 is 14.3 Å². The molecule has 5 heteroatoms. The number of anilines is 1. The predicted octanol–water partition coefficient (Wildman–Crippen LogP) is 1.76. The van der Waals surface area contributed by atoms with Gasteiger partial charge >= 0.3 is 5.97 Å². The Morgan fingerprint density at radius 2 is 2.15 bits per heavy atom. The summed E-state index contributed by atoms with van der Waals surface area (Å²) in [6.07, 6.45) is 1.87. The highest BCUT2D eigenvalue weighted by atomic mass is 16.5. The first-order valence-electron chi connectivity index (χ1n) is 6.42. The van der Waals surface area contributed by atoms with Gasteiger partial charge in [0.25, 0.3) is 0 Å². The van der Waals surface area contributed by atoms with Gasteiger partial charge in [0, 0.05) is 24.5 Å². The highest BCUT2D eigenvalue weighted by Crippen LogP contribution is 2.30. The fourth-order valence-electron chi connectivity index (χ4n) is 2.58. The van der Waals surface area contributed by atoms with E-state index in [2.05, 4.69) is 4.98 Å². The Morgan fingerprint density at radius 3 is 2.95 bits per heavy atom. The number of carbonyl (C=O) groups excluding carboxylic acids is 2. The molecule has 0 N–H and O–H groups in total. The lowest BCUT2D eigenvalue weighted by Gasteiger charge is -2.18. The quantitative estimate of drug-likeness (QED) is 0.780. The van der Waals surface area contributed by atoms with Crippen molar-refractivity contribution in [2.24, 2.45) is 5.92 Å². The summed E-state index contributed by atoms with van der Waals surface area (Å²) < 4.78 is 4.72. The summed E-state index contributed by atoms with van der Waals surface area (Å²) in [6.45, 7) is 0.361. The Labute approximate surface area is 116 Å². The normalized spacial score (nSPS) is 18.6. The van der Waals surface area contributed by atoms with E-state index in [0.29, 0.717) is 6.54 Å². The molecule has 1 saturated heterocycles. The Morgan fingerprint density at radius 1 is 1.35 bits per heavy atom. The lowest BCUT2D eigenvalue weighted by Crippen LogP contribution is -2.26. The van der Waals surface area contributed by atoms with E-state index in [1.54, 1.807) is 17.2 Å². The molecule has 1 atom stereocenters. The maximum Gasteiger partial charge on any atom is 0.311 e. The van der Waals surface area contributed by atoms with Crippen LogP contribution in [0.2, 0.25) is 0 Å². The Kier molecular flexibility index (Phi) is 3.10. The fraction of sp³-hybridized carbons (Fsp3) is 0.267. The molecule has 1 fully saturated rings. The van der Waals surface area contributed by atoms with Gasteiger partial charge in [0.2, 0.25) is 5.91 Å². The minimum absolute atomic E-state index is 0.0586. The topological polar surface area (TPSA) is 59.5 Å². The molecule has 0 aliphatic carbocycles. The largest absolute Gasteiger partial charge is 0.469 e. The van der Waals surface area contributed by atoms with Gasteiger partial charge in [-0.15, -0.1) is 0 Å². The maximum atomic E-state index is 12.1. The van der Waals surface area contributed by atoms with Crippen LogP contribution in [0.15, 0.2) is 36.5 Å². The monoisotopic (exact) mass is 270 g/mol. The van der Waals surface area contributed by atoms with Crippen LogP contribution in [0.3, 0.4) is 0 Å². The van der Waals surface area contributed by atoms with Crippen molar-refractivity contribution in [3.8, 4) is 0 Å². The minimum Gasteiger partial charge on any atom is -0.469 e. The number of pyridine rings is 1. The van der Waals surface area contributed by atoms with Gasteiger partial charge in [-0.2, -0.15) is 0 Å². The van der Waals surface area contributed by atoms with E-state index in [-0.39, 0.29) is 24.2 Å². The summed E-state index contributed by atoms with van der Waals surface area (Å²) in [5, 5.41) is 0.911. The van der Waals surface area contributed by atoms with Crippen molar-refractivity contribution in [1.29, 1.82) is 0 Å². The van der Waals surface area contributed by atoms with E-state index in [0.717, 1.165) is 16.6 Å². The first-order chi connectivity index (χ1) is 9.70. The molecule has 1 aliphatic heterocycles. The second-order valence-electron chi connectivity index (χ2n) is 4.78. The van der Waals surface area contributed by atoms with Crippen molar-refractivity contribution in [3.05, 3.63) is 36.5 Å². The maximum absolute atomic E-state index is 12.1. The first-order valence-corrected chi connectivity index (χ1v) is 6.42. The number of carbonyl (C=O) groups is 2. The molecule has 1 amide bonds. The van der Waals surface area contributed by atoms with Crippen LogP contribution in [0.5, 0.6) is 0 Å². The van der Waals surface area contributed by atoms with Crippen LogP contribution in [0.25, 0.3) is 10.9 Å². The van der Waals surface area contributed by atoms with E-state index >= 15 is 0 Å². The van der Waals surface area contributed by atoms with Crippen LogP contribution in [0, 0.1) is 5.92 Å². The summed E-state index contributed by atoms with van der Waals surface area (Å²) in [7, 11) is 1.34. The molecule has 1 unspecified atom stereocenters. The average Bonchev–Trinajstić information content (AvgIpc) is 2.87. The third kappa shape index (κ3) is 2.01. The van der Waals surface area contributed by atoms with E-state index in [1.807, 2.05) is 24.3 Å². The number of nitrogens with zero attached hydrogens (tertiary/aromatic N) is 2. The number of rotatable bonds is 2. The summed E-state index contributed by atoms with van der Waals surface area (Å²) in [6, 6.07) is 9.45. The standard InChI is InChI=1S/C15H14N2O3/c1-20-15(19)10-8-14(18)17(9-10)13-6-7-16-12-5-3-2-4-11(12)13/h2-7,10H,8-9H2,1H3. The smallest absolute Gasteiger partial charge is 0.311 e. The number of para-hydroxylation sites is 1. The Hall–Kier alpha value is -2.43. The second-order valence-corrected chi connectivity index (χ2v) is 4.78. The van der Waals surface area contributed by atoms with Crippen molar-refractivity contribution in [3.63, 3.8) is 0 Å². The van der Waals surface area contributed by atoms with Gasteiger partial charge in [-0.05, 0) is 12.1 Å². The van der Waals surface area contributed by atoms with Gasteiger partial charge in [-0.3, -0.25) is 14.6 Å². The Balaban J connectivity index is 2.00. The van der Waals surface area contributed by atoms with E-state index in [9.17, 15) is 9.59 Å². The summed E-state index contributed by atoms with van der Waals surface area (Å²) in [4.78, 5) is 29.7. The third-order valence-corrected chi connectivity index (χ3v) is 3.58. The number of methoxy groups -OCH3 is 1. The molecular weight excluding hydrogens is 256 g/mol. The minimum atomic E-state index is -0.389. The number of hydrogen-bond acceptors (Lipinski definition) is 4. The molecule has 20 heavy (non-hydrogen) atoms. The van der Waals surface area contributed by atoms with E-state index < -0.39 is 0 Å². The van der Waals surface area contributed by atoms with Crippen LogP contribution in [0.4, 0.5) is 5.69 Å². The van der Waals surface area contributed by atoms with Crippen molar-refractivity contribution in [1.82, 2.24) is 4.98 Å². The van der Waals surface area contributed by atoms with Crippen LogP contribution in [-0.4, -0.2) is 30.5 Å². The van der Waals surface area contributed by atoms with E-state index in [1.165, 1.54) is 7.11 Å². The van der Waals surface area contributed by atoms with Gasteiger partial charge in [0.15, 0.2) is 0 Å². The molecule has 2 heterocycles. The fourth-order valence-corrected chi connectivity index (χ4v) is 2.58. The van der Waals surface area contributed by atoms with Crippen LogP contribution in [-0.2, 0) is 14.3 Å². The van der Waals surface area contributed by atoms with Gasteiger partial charge < -0.3 is 9.64 Å². The van der Waals surface area contributed by atoms with Crippen molar-refractivity contribution in [2.45, 2.75) is 6.42 Å². The Bertz CT molecular complexity index is 678. The molecular formula is C15H14N2O3. The molecule has 5 nitrogen and oxygen atoms in total. The summed E-state index contributed by atoms with van der Waals surface area (Å²) in [5.74, 6) is -0.782. The van der Waals surface area contributed by atoms with Crippen molar-refractivity contribution in [2.75, 3.05) is 18.6 Å². The molecule has 1 aromatic carbocycles. The first kappa shape index (κ1) is 12.6. The lowest BCUT2D eigenvalue weighted by molar-refractivity contribution is -0.145. The highest BCUT2D eigenvalue weighted by Gasteiger charge is 2.36. The zero-order valence-corrected chi connectivity index (χ0v) is 11.1. The molecule has 0 spiro atoms. The number of amides is 1. The van der Waals surface area contributed by atoms with Gasteiger partial charge in [0.1, 0.15) is 0 Å². The third-order valence-electron chi connectivity index (χ3n) is 3.58. The number of ether oxygens (including phenoxy) is 1. The van der Waals surface area contributed by atoms with Gasteiger partial charge in [-0.25, -0.2) is 0 Å².